The van der Waals surface area contributed by atoms with Gasteiger partial charge in [0.2, 0.25) is 5.91 Å². The van der Waals surface area contributed by atoms with Crippen LogP contribution in [0.5, 0.6) is 0 Å². The lowest BCUT2D eigenvalue weighted by molar-refractivity contribution is -0.141. The van der Waals surface area contributed by atoms with Gasteiger partial charge < -0.3 is 14.4 Å². The predicted molar refractivity (Wildman–Crippen MR) is 79.2 cm³/mol. The number of nitrogens with one attached hydrogen (secondary N) is 1. The molecule has 1 aromatic rings. The number of morpholine rings is 1. The van der Waals surface area contributed by atoms with Crippen molar-refractivity contribution in [3.63, 3.8) is 0 Å². The molecular formula is C15H24N4O3. The third-order valence-corrected chi connectivity index (χ3v) is 4.17. The summed E-state index contributed by atoms with van der Waals surface area (Å²) in [4.78, 5) is 18.7. The van der Waals surface area contributed by atoms with Crippen LogP contribution in [-0.4, -0.2) is 58.4 Å². The van der Waals surface area contributed by atoms with Gasteiger partial charge >= 0.3 is 0 Å². The molecule has 0 aliphatic carbocycles. The van der Waals surface area contributed by atoms with E-state index in [-0.39, 0.29) is 18.1 Å². The van der Waals surface area contributed by atoms with Crippen molar-refractivity contribution in [1.82, 2.24) is 20.1 Å². The number of H-pyrrole nitrogens is 1. The first-order valence-electron chi connectivity index (χ1n) is 8.18. The molecule has 2 atom stereocenters. The van der Waals surface area contributed by atoms with Crippen LogP contribution in [0.4, 0.5) is 0 Å². The Morgan fingerprint density at radius 3 is 3.09 bits per heavy atom. The van der Waals surface area contributed by atoms with Gasteiger partial charge in [0, 0.05) is 19.6 Å². The molecule has 1 amide bonds. The normalized spacial score (nSPS) is 25.6. The first-order valence-corrected chi connectivity index (χ1v) is 8.18. The van der Waals surface area contributed by atoms with Gasteiger partial charge in [-0.25, -0.2) is 4.98 Å². The van der Waals surface area contributed by atoms with Crippen molar-refractivity contribution in [2.24, 2.45) is 0 Å². The van der Waals surface area contributed by atoms with E-state index in [0.717, 1.165) is 38.1 Å². The number of carbonyl (C=O) groups is 1. The molecule has 7 nitrogen and oxygen atoms in total. The lowest BCUT2D eigenvalue weighted by Gasteiger charge is -2.32. The van der Waals surface area contributed by atoms with Crippen molar-refractivity contribution in [2.45, 2.75) is 51.2 Å². The zero-order chi connectivity index (χ0) is 15.4. The predicted octanol–water partition coefficient (Wildman–Crippen LogP) is 1.23. The highest BCUT2D eigenvalue weighted by Crippen LogP contribution is 2.22. The zero-order valence-electron chi connectivity index (χ0n) is 13.1. The van der Waals surface area contributed by atoms with Crippen molar-refractivity contribution in [2.75, 3.05) is 26.3 Å². The molecular weight excluding hydrogens is 284 g/mol. The van der Waals surface area contributed by atoms with Crippen LogP contribution in [0.1, 0.15) is 50.4 Å². The van der Waals surface area contributed by atoms with E-state index in [1.807, 2.05) is 4.90 Å². The Balaban J connectivity index is 1.56. The topological polar surface area (TPSA) is 80.3 Å². The summed E-state index contributed by atoms with van der Waals surface area (Å²) < 4.78 is 11.3. The maximum absolute atomic E-state index is 12.4. The number of aromatic nitrogens is 3. The highest BCUT2D eigenvalue weighted by Gasteiger charge is 2.30. The molecule has 0 aromatic carbocycles. The van der Waals surface area contributed by atoms with Crippen LogP contribution in [-0.2, 0) is 20.7 Å². The van der Waals surface area contributed by atoms with E-state index in [9.17, 15) is 4.79 Å². The number of carbonyl (C=O) groups excluding carboxylic acids is 1. The van der Waals surface area contributed by atoms with Gasteiger partial charge in [-0.2, -0.15) is 5.10 Å². The molecule has 1 N–H and O–H groups in total. The van der Waals surface area contributed by atoms with E-state index in [0.29, 0.717) is 31.9 Å². The standard InChI is InChI=1S/C15H24N4O3/c1-2-4-13-16-15(18-17-13)12-10-19(6-8-22-12)14(20)9-11-5-3-7-21-11/h11-12H,2-10H2,1H3,(H,16,17,18). The fraction of sp³-hybridized carbons (Fsp3) is 0.800. The van der Waals surface area contributed by atoms with Gasteiger partial charge in [-0.1, -0.05) is 6.92 Å². The molecule has 3 rings (SSSR count). The molecule has 22 heavy (non-hydrogen) atoms. The van der Waals surface area contributed by atoms with Crippen molar-refractivity contribution in [3.05, 3.63) is 11.6 Å². The minimum Gasteiger partial charge on any atom is -0.378 e. The Kier molecular flexibility index (Phi) is 5.04. The number of rotatable bonds is 5. The number of hydrogen-bond donors (Lipinski definition) is 1. The molecule has 0 spiro atoms. The fourth-order valence-electron chi connectivity index (χ4n) is 2.96. The first-order chi connectivity index (χ1) is 10.8. The van der Waals surface area contributed by atoms with Crippen LogP contribution in [0.3, 0.4) is 0 Å². The van der Waals surface area contributed by atoms with E-state index in [1.165, 1.54) is 0 Å². The molecule has 0 radical (unpaired) electrons. The van der Waals surface area contributed by atoms with Crippen molar-refractivity contribution in [1.29, 1.82) is 0 Å². The minimum absolute atomic E-state index is 0.0912. The third kappa shape index (κ3) is 3.64. The van der Waals surface area contributed by atoms with E-state index in [1.54, 1.807) is 0 Å². The molecule has 122 valence electrons. The Hall–Kier alpha value is -1.47. The summed E-state index contributed by atoms with van der Waals surface area (Å²) >= 11 is 0. The molecule has 2 aliphatic rings. The largest absolute Gasteiger partial charge is 0.378 e. The molecule has 7 heteroatoms. The smallest absolute Gasteiger partial charge is 0.225 e. The van der Waals surface area contributed by atoms with Gasteiger partial charge in [0.15, 0.2) is 5.82 Å². The SMILES string of the molecule is CCCc1nc(C2CN(C(=O)CC3CCCO3)CCO2)n[nH]1. The lowest BCUT2D eigenvalue weighted by Crippen LogP contribution is -2.43. The van der Waals surface area contributed by atoms with Gasteiger partial charge in [0.05, 0.1) is 25.7 Å². The van der Waals surface area contributed by atoms with Crippen LogP contribution in [0.15, 0.2) is 0 Å². The Morgan fingerprint density at radius 2 is 2.32 bits per heavy atom. The average Bonchev–Trinajstić information content (AvgIpc) is 3.19. The summed E-state index contributed by atoms with van der Waals surface area (Å²) in [7, 11) is 0. The molecule has 0 saturated carbocycles. The Bertz CT molecular complexity index is 499. The summed E-state index contributed by atoms with van der Waals surface area (Å²) in [5.41, 5.74) is 0. The van der Waals surface area contributed by atoms with Crippen molar-refractivity contribution >= 4 is 5.91 Å². The number of nitrogens with zero attached hydrogens (tertiary/aromatic N) is 3. The summed E-state index contributed by atoms with van der Waals surface area (Å²) in [6, 6.07) is 0. The number of amides is 1. The molecule has 2 fully saturated rings. The van der Waals surface area contributed by atoms with E-state index in [4.69, 9.17) is 9.47 Å². The second-order valence-electron chi connectivity index (χ2n) is 5.93. The number of aryl methyl sites for hydroxylation is 1. The Morgan fingerprint density at radius 1 is 1.41 bits per heavy atom. The number of ether oxygens (including phenoxy) is 2. The lowest BCUT2D eigenvalue weighted by atomic mass is 10.1. The van der Waals surface area contributed by atoms with Crippen molar-refractivity contribution in [3.8, 4) is 0 Å². The second-order valence-corrected chi connectivity index (χ2v) is 5.93. The van der Waals surface area contributed by atoms with E-state index < -0.39 is 0 Å². The summed E-state index contributed by atoms with van der Waals surface area (Å²) in [5.74, 6) is 1.67. The summed E-state index contributed by atoms with van der Waals surface area (Å²) in [6.45, 7) is 4.56. The number of aromatic amines is 1. The Labute approximate surface area is 130 Å². The average molecular weight is 308 g/mol. The maximum atomic E-state index is 12.4. The minimum atomic E-state index is -0.232. The summed E-state index contributed by atoms with van der Waals surface area (Å²) in [6.07, 6.45) is 4.27. The third-order valence-electron chi connectivity index (χ3n) is 4.17. The second kappa shape index (κ2) is 7.19. The van der Waals surface area contributed by atoms with E-state index >= 15 is 0 Å². The monoisotopic (exact) mass is 308 g/mol. The molecule has 2 saturated heterocycles. The summed E-state index contributed by atoms with van der Waals surface area (Å²) in [5, 5.41) is 7.17. The highest BCUT2D eigenvalue weighted by molar-refractivity contribution is 5.76. The maximum Gasteiger partial charge on any atom is 0.225 e. The van der Waals surface area contributed by atoms with Gasteiger partial charge in [-0.3, -0.25) is 9.89 Å². The van der Waals surface area contributed by atoms with Gasteiger partial charge in [0.1, 0.15) is 11.9 Å². The molecule has 2 aliphatic heterocycles. The van der Waals surface area contributed by atoms with E-state index in [2.05, 4.69) is 22.1 Å². The van der Waals surface area contributed by atoms with Crippen LogP contribution in [0, 0.1) is 0 Å². The van der Waals surface area contributed by atoms with Gasteiger partial charge in [-0.15, -0.1) is 0 Å². The highest BCUT2D eigenvalue weighted by atomic mass is 16.5. The number of hydrogen-bond acceptors (Lipinski definition) is 5. The quantitative estimate of drug-likeness (QED) is 0.885. The van der Waals surface area contributed by atoms with Crippen LogP contribution in [0.25, 0.3) is 0 Å². The zero-order valence-corrected chi connectivity index (χ0v) is 13.1. The van der Waals surface area contributed by atoms with Gasteiger partial charge in [-0.05, 0) is 19.3 Å². The molecule has 0 bridgehead atoms. The van der Waals surface area contributed by atoms with Crippen LogP contribution >= 0.6 is 0 Å². The van der Waals surface area contributed by atoms with Crippen molar-refractivity contribution < 1.29 is 14.3 Å². The molecule has 2 unspecified atom stereocenters. The first kappa shape index (κ1) is 15.4. The fourth-order valence-corrected chi connectivity index (χ4v) is 2.96. The van der Waals surface area contributed by atoms with Gasteiger partial charge in [0.25, 0.3) is 0 Å². The van der Waals surface area contributed by atoms with Crippen LogP contribution in [0.2, 0.25) is 0 Å². The molecule has 1 aromatic heterocycles. The van der Waals surface area contributed by atoms with Crippen LogP contribution < -0.4 is 0 Å². The molecule has 3 heterocycles.